The summed E-state index contributed by atoms with van der Waals surface area (Å²) in [5.74, 6) is 0. The van der Waals surface area contributed by atoms with Crippen LogP contribution in [0.2, 0.25) is 0 Å². The fourth-order valence-corrected chi connectivity index (χ4v) is 2.25. The first kappa shape index (κ1) is 9.71. The van der Waals surface area contributed by atoms with E-state index in [1.807, 2.05) is 11.7 Å². The molecule has 2 rings (SSSR count). The molecular formula is C11H19N3. The second kappa shape index (κ2) is 2.83. The molecule has 78 valence electrons. The number of hydrogen-bond acceptors (Lipinski definition) is 2. The van der Waals surface area contributed by atoms with Crippen LogP contribution in [0.25, 0.3) is 0 Å². The first-order valence-electron chi connectivity index (χ1n) is 5.23. The van der Waals surface area contributed by atoms with E-state index in [2.05, 4.69) is 25.9 Å². The summed E-state index contributed by atoms with van der Waals surface area (Å²) >= 11 is 0. The van der Waals surface area contributed by atoms with Gasteiger partial charge in [0.2, 0.25) is 0 Å². The van der Waals surface area contributed by atoms with E-state index in [1.165, 1.54) is 17.0 Å². The average molecular weight is 193 g/mol. The molecule has 0 saturated carbocycles. The molecule has 0 fully saturated rings. The van der Waals surface area contributed by atoms with Gasteiger partial charge in [-0.1, -0.05) is 20.8 Å². The van der Waals surface area contributed by atoms with Crippen molar-refractivity contribution in [3.05, 3.63) is 17.0 Å². The summed E-state index contributed by atoms with van der Waals surface area (Å²) < 4.78 is 2.00. The minimum atomic E-state index is 0.104. The van der Waals surface area contributed by atoms with Gasteiger partial charge in [-0.3, -0.25) is 4.68 Å². The molecule has 1 aromatic heterocycles. The molecule has 14 heavy (non-hydrogen) atoms. The fraction of sp³-hybridized carbons (Fsp3) is 0.727. The molecule has 3 nitrogen and oxygen atoms in total. The molecule has 1 aromatic rings. The summed E-state index contributed by atoms with van der Waals surface area (Å²) in [7, 11) is 2.02. The second-order valence-electron chi connectivity index (χ2n) is 5.23. The van der Waals surface area contributed by atoms with Crippen molar-refractivity contribution in [3.63, 3.8) is 0 Å². The molecule has 0 aromatic carbocycles. The molecule has 0 radical (unpaired) electrons. The van der Waals surface area contributed by atoms with E-state index in [9.17, 15) is 0 Å². The number of fused-ring (bicyclic) bond motifs is 1. The molecule has 1 aliphatic rings. The SMILES string of the molecule is Cn1nc(C(C)(C)C)c2c1CCC2N. The van der Waals surface area contributed by atoms with E-state index in [0.717, 1.165) is 12.8 Å². The Bertz CT molecular complexity index is 357. The molecule has 1 aliphatic carbocycles. The quantitative estimate of drug-likeness (QED) is 0.681. The largest absolute Gasteiger partial charge is 0.324 e. The van der Waals surface area contributed by atoms with Gasteiger partial charge >= 0.3 is 0 Å². The summed E-state index contributed by atoms with van der Waals surface area (Å²) in [6.07, 6.45) is 2.15. The van der Waals surface area contributed by atoms with Gasteiger partial charge in [-0.15, -0.1) is 0 Å². The Morgan fingerprint density at radius 1 is 1.43 bits per heavy atom. The smallest absolute Gasteiger partial charge is 0.0728 e. The number of nitrogens with zero attached hydrogens (tertiary/aromatic N) is 2. The molecule has 3 heteroatoms. The van der Waals surface area contributed by atoms with Crippen LogP contribution in [-0.2, 0) is 18.9 Å². The molecule has 0 aliphatic heterocycles. The normalized spacial score (nSPS) is 21.4. The summed E-state index contributed by atoms with van der Waals surface area (Å²) in [5.41, 5.74) is 10.0. The monoisotopic (exact) mass is 193 g/mol. The zero-order valence-electron chi connectivity index (χ0n) is 9.46. The van der Waals surface area contributed by atoms with Crippen LogP contribution in [-0.4, -0.2) is 9.78 Å². The highest BCUT2D eigenvalue weighted by molar-refractivity contribution is 5.37. The highest BCUT2D eigenvalue weighted by atomic mass is 15.3. The van der Waals surface area contributed by atoms with E-state index in [1.54, 1.807) is 0 Å². The summed E-state index contributed by atoms with van der Waals surface area (Å²) in [6, 6.07) is 0.202. The van der Waals surface area contributed by atoms with E-state index in [-0.39, 0.29) is 11.5 Å². The Kier molecular flexibility index (Phi) is 1.96. The van der Waals surface area contributed by atoms with Gasteiger partial charge in [0.1, 0.15) is 0 Å². The van der Waals surface area contributed by atoms with Gasteiger partial charge in [-0.2, -0.15) is 5.10 Å². The number of rotatable bonds is 0. The zero-order valence-corrected chi connectivity index (χ0v) is 9.46. The van der Waals surface area contributed by atoms with Gasteiger partial charge in [0.25, 0.3) is 0 Å². The van der Waals surface area contributed by atoms with Crippen molar-refractivity contribution in [1.82, 2.24) is 9.78 Å². The summed E-state index contributed by atoms with van der Waals surface area (Å²) in [4.78, 5) is 0. The van der Waals surface area contributed by atoms with Crippen molar-refractivity contribution in [1.29, 1.82) is 0 Å². The standard InChI is InChI=1S/C11H19N3/c1-11(2,3)10-9-7(12)5-6-8(9)14(4)13-10/h7H,5-6,12H2,1-4H3. The van der Waals surface area contributed by atoms with Crippen LogP contribution in [0.1, 0.15) is 50.2 Å². The van der Waals surface area contributed by atoms with Gasteiger partial charge in [0.15, 0.2) is 0 Å². The van der Waals surface area contributed by atoms with Crippen LogP contribution < -0.4 is 5.73 Å². The van der Waals surface area contributed by atoms with E-state index in [4.69, 9.17) is 5.73 Å². The second-order valence-corrected chi connectivity index (χ2v) is 5.23. The third-order valence-electron chi connectivity index (χ3n) is 2.98. The minimum absolute atomic E-state index is 0.104. The molecular weight excluding hydrogens is 174 g/mol. The predicted molar refractivity (Wildman–Crippen MR) is 57.2 cm³/mol. The molecule has 0 spiro atoms. The van der Waals surface area contributed by atoms with Gasteiger partial charge in [-0.25, -0.2) is 0 Å². The number of hydrogen-bond donors (Lipinski definition) is 1. The molecule has 0 saturated heterocycles. The van der Waals surface area contributed by atoms with E-state index < -0.39 is 0 Å². The van der Waals surface area contributed by atoms with Crippen molar-refractivity contribution < 1.29 is 0 Å². The highest BCUT2D eigenvalue weighted by Crippen LogP contribution is 2.36. The minimum Gasteiger partial charge on any atom is -0.324 e. The van der Waals surface area contributed by atoms with Crippen LogP contribution in [0.5, 0.6) is 0 Å². The van der Waals surface area contributed by atoms with Crippen molar-refractivity contribution in [2.45, 2.75) is 45.1 Å². The average Bonchev–Trinajstić information content (AvgIpc) is 2.54. The summed E-state index contributed by atoms with van der Waals surface area (Å²) in [5, 5.41) is 4.59. The van der Waals surface area contributed by atoms with Crippen LogP contribution in [0.3, 0.4) is 0 Å². The van der Waals surface area contributed by atoms with Crippen molar-refractivity contribution in [3.8, 4) is 0 Å². The molecule has 1 heterocycles. The molecule has 1 atom stereocenters. The fourth-order valence-electron chi connectivity index (χ4n) is 2.25. The van der Waals surface area contributed by atoms with E-state index in [0.29, 0.717) is 0 Å². The van der Waals surface area contributed by atoms with Gasteiger partial charge in [-0.05, 0) is 12.8 Å². The first-order valence-corrected chi connectivity index (χ1v) is 5.23. The molecule has 1 unspecified atom stereocenters. The topological polar surface area (TPSA) is 43.8 Å². The van der Waals surface area contributed by atoms with Crippen LogP contribution >= 0.6 is 0 Å². The van der Waals surface area contributed by atoms with Gasteiger partial charge in [0, 0.05) is 29.8 Å². The number of aryl methyl sites for hydroxylation is 1. The Labute approximate surface area is 85.3 Å². The Morgan fingerprint density at radius 3 is 2.64 bits per heavy atom. The van der Waals surface area contributed by atoms with Crippen molar-refractivity contribution in [2.24, 2.45) is 12.8 Å². The van der Waals surface area contributed by atoms with Gasteiger partial charge < -0.3 is 5.73 Å². The molecule has 0 bridgehead atoms. The lowest BCUT2D eigenvalue weighted by atomic mass is 9.88. The maximum atomic E-state index is 6.10. The third kappa shape index (κ3) is 1.27. The van der Waals surface area contributed by atoms with Crippen LogP contribution in [0.4, 0.5) is 0 Å². The highest BCUT2D eigenvalue weighted by Gasteiger charge is 2.32. The predicted octanol–water partition coefficient (Wildman–Crippen LogP) is 1.66. The lowest BCUT2D eigenvalue weighted by Crippen LogP contribution is -2.18. The maximum Gasteiger partial charge on any atom is 0.0728 e. The van der Waals surface area contributed by atoms with Crippen molar-refractivity contribution >= 4 is 0 Å². The Morgan fingerprint density at radius 2 is 2.07 bits per heavy atom. The molecule has 2 N–H and O–H groups in total. The zero-order chi connectivity index (χ0) is 10.5. The first-order chi connectivity index (χ1) is 6.41. The van der Waals surface area contributed by atoms with Crippen LogP contribution in [0, 0.1) is 0 Å². The number of nitrogens with two attached hydrogens (primary N) is 1. The van der Waals surface area contributed by atoms with Crippen LogP contribution in [0.15, 0.2) is 0 Å². The number of aromatic nitrogens is 2. The lowest BCUT2D eigenvalue weighted by molar-refractivity contribution is 0.533. The summed E-state index contributed by atoms with van der Waals surface area (Å²) in [6.45, 7) is 6.59. The molecule has 0 amide bonds. The lowest BCUT2D eigenvalue weighted by Gasteiger charge is -2.18. The Hall–Kier alpha value is -0.830. The van der Waals surface area contributed by atoms with E-state index >= 15 is 0 Å². The Balaban J connectivity index is 2.59. The third-order valence-corrected chi connectivity index (χ3v) is 2.98. The maximum absolute atomic E-state index is 6.10. The van der Waals surface area contributed by atoms with Gasteiger partial charge in [0.05, 0.1) is 5.69 Å². The van der Waals surface area contributed by atoms with Crippen molar-refractivity contribution in [2.75, 3.05) is 0 Å².